The standard InChI is InChI=1S/C28H24N2O3S/c1-17-25(30-27(34-17)19-7-5-4-6-8-19)18-9-12-21(13-10-18)29-26(32)20-11-14-24-22(15-20)23(31)16-28(2,3)33-24/h4-15H,16H2,1-3H3,(H,29,32). The molecule has 4 aromatic rings. The molecule has 0 saturated heterocycles. The number of hydrogen-bond donors (Lipinski definition) is 1. The van der Waals surface area contributed by atoms with Gasteiger partial charge in [0.2, 0.25) is 0 Å². The zero-order valence-electron chi connectivity index (χ0n) is 19.2. The van der Waals surface area contributed by atoms with Crippen molar-refractivity contribution in [1.29, 1.82) is 0 Å². The van der Waals surface area contributed by atoms with Crippen molar-refractivity contribution in [2.75, 3.05) is 5.32 Å². The highest BCUT2D eigenvalue weighted by molar-refractivity contribution is 7.15. The van der Waals surface area contributed by atoms with E-state index in [1.165, 1.54) is 0 Å². The van der Waals surface area contributed by atoms with Crippen LogP contribution in [0.3, 0.4) is 0 Å². The molecule has 0 atom stereocenters. The third-order valence-electron chi connectivity index (χ3n) is 5.75. The predicted octanol–water partition coefficient (Wildman–Crippen LogP) is 6.78. The van der Waals surface area contributed by atoms with Gasteiger partial charge in [-0.15, -0.1) is 11.3 Å². The van der Waals surface area contributed by atoms with E-state index in [1.807, 2.05) is 56.3 Å². The van der Waals surface area contributed by atoms with E-state index in [0.717, 1.165) is 26.7 Å². The molecule has 0 fully saturated rings. The summed E-state index contributed by atoms with van der Waals surface area (Å²) in [6, 6.07) is 22.8. The van der Waals surface area contributed by atoms with Gasteiger partial charge in [0.1, 0.15) is 16.4 Å². The Labute approximate surface area is 202 Å². The lowest BCUT2D eigenvalue weighted by Gasteiger charge is -2.31. The van der Waals surface area contributed by atoms with Gasteiger partial charge in [-0.25, -0.2) is 4.98 Å². The first kappa shape index (κ1) is 22.0. The highest BCUT2D eigenvalue weighted by Gasteiger charge is 2.32. The van der Waals surface area contributed by atoms with Crippen LogP contribution in [0.2, 0.25) is 0 Å². The topological polar surface area (TPSA) is 68.3 Å². The maximum atomic E-state index is 12.8. The van der Waals surface area contributed by atoms with Crippen LogP contribution < -0.4 is 10.1 Å². The number of ketones is 1. The molecule has 0 saturated carbocycles. The molecule has 1 N–H and O–H groups in total. The summed E-state index contributed by atoms with van der Waals surface area (Å²) < 4.78 is 5.88. The Hall–Kier alpha value is -3.77. The SMILES string of the molecule is Cc1sc(-c2ccccc2)nc1-c1ccc(NC(=O)c2ccc3c(c2)C(=O)CC(C)(C)O3)cc1. The zero-order valence-corrected chi connectivity index (χ0v) is 20.0. The molecule has 0 radical (unpaired) electrons. The molecule has 6 heteroatoms. The lowest BCUT2D eigenvalue weighted by Crippen LogP contribution is -2.36. The number of nitrogens with zero attached hydrogens (tertiary/aromatic N) is 1. The molecule has 5 rings (SSSR count). The van der Waals surface area contributed by atoms with Crippen molar-refractivity contribution in [3.8, 4) is 27.6 Å². The maximum absolute atomic E-state index is 12.8. The molecule has 5 nitrogen and oxygen atoms in total. The second-order valence-electron chi connectivity index (χ2n) is 8.99. The van der Waals surface area contributed by atoms with Gasteiger partial charge >= 0.3 is 0 Å². The first-order chi connectivity index (χ1) is 16.3. The molecule has 0 bridgehead atoms. The van der Waals surface area contributed by atoms with Crippen LogP contribution in [0.25, 0.3) is 21.8 Å². The van der Waals surface area contributed by atoms with Crippen LogP contribution in [-0.2, 0) is 0 Å². The molecule has 1 aliphatic rings. The number of aryl methyl sites for hydroxylation is 1. The van der Waals surface area contributed by atoms with Crippen molar-refractivity contribution >= 4 is 28.7 Å². The number of Topliss-reactive ketones (excluding diaryl/α,β-unsaturated/α-hetero) is 1. The number of amides is 1. The number of thiazole rings is 1. The fourth-order valence-electron chi connectivity index (χ4n) is 4.08. The van der Waals surface area contributed by atoms with Gasteiger partial charge in [0.25, 0.3) is 5.91 Å². The van der Waals surface area contributed by atoms with Gasteiger partial charge in [-0.05, 0) is 51.1 Å². The molecular formula is C28H24N2O3S. The number of ether oxygens (including phenoxy) is 1. The summed E-state index contributed by atoms with van der Waals surface area (Å²) in [7, 11) is 0. The Morgan fingerprint density at radius 1 is 1.00 bits per heavy atom. The summed E-state index contributed by atoms with van der Waals surface area (Å²) in [6.07, 6.45) is 0.286. The van der Waals surface area contributed by atoms with Crippen LogP contribution in [0.15, 0.2) is 72.8 Å². The first-order valence-electron chi connectivity index (χ1n) is 11.1. The number of nitrogens with one attached hydrogen (secondary N) is 1. The smallest absolute Gasteiger partial charge is 0.255 e. The molecule has 0 unspecified atom stereocenters. The van der Waals surface area contributed by atoms with E-state index in [4.69, 9.17) is 9.72 Å². The molecule has 1 amide bonds. The minimum atomic E-state index is -0.535. The summed E-state index contributed by atoms with van der Waals surface area (Å²) in [6.45, 7) is 5.83. The number of carbonyl (C=O) groups is 2. The lowest BCUT2D eigenvalue weighted by molar-refractivity contribution is 0.0620. The molecule has 34 heavy (non-hydrogen) atoms. The van der Waals surface area contributed by atoms with Gasteiger partial charge in [0.15, 0.2) is 5.78 Å². The van der Waals surface area contributed by atoms with Gasteiger partial charge in [0, 0.05) is 27.3 Å². The lowest BCUT2D eigenvalue weighted by atomic mass is 9.92. The van der Waals surface area contributed by atoms with E-state index in [1.54, 1.807) is 29.5 Å². The van der Waals surface area contributed by atoms with E-state index >= 15 is 0 Å². The molecule has 170 valence electrons. The van der Waals surface area contributed by atoms with Crippen LogP contribution in [0.5, 0.6) is 5.75 Å². The number of benzene rings is 3. The number of fused-ring (bicyclic) bond motifs is 1. The molecule has 1 aromatic heterocycles. The van der Waals surface area contributed by atoms with E-state index in [-0.39, 0.29) is 18.1 Å². The molecule has 0 aliphatic carbocycles. The fraction of sp³-hybridized carbons (Fsp3) is 0.179. The van der Waals surface area contributed by atoms with E-state index in [2.05, 4.69) is 24.4 Å². The Bertz CT molecular complexity index is 1390. The Morgan fingerprint density at radius 3 is 2.47 bits per heavy atom. The molecular weight excluding hydrogens is 444 g/mol. The van der Waals surface area contributed by atoms with Gasteiger partial charge in [-0.2, -0.15) is 0 Å². The number of hydrogen-bond acceptors (Lipinski definition) is 5. The van der Waals surface area contributed by atoms with E-state index < -0.39 is 5.60 Å². The number of anilines is 1. The normalized spacial score (nSPS) is 14.3. The van der Waals surface area contributed by atoms with Crippen molar-refractivity contribution in [1.82, 2.24) is 4.98 Å². The minimum absolute atomic E-state index is 0.0150. The van der Waals surface area contributed by atoms with Crippen molar-refractivity contribution < 1.29 is 14.3 Å². The predicted molar refractivity (Wildman–Crippen MR) is 136 cm³/mol. The Morgan fingerprint density at radius 2 is 1.74 bits per heavy atom. The third-order valence-corrected chi connectivity index (χ3v) is 6.77. The molecule has 1 aliphatic heterocycles. The summed E-state index contributed by atoms with van der Waals surface area (Å²) in [5, 5.41) is 3.90. The number of aromatic nitrogens is 1. The largest absolute Gasteiger partial charge is 0.487 e. The van der Waals surface area contributed by atoms with Crippen LogP contribution in [0.1, 0.15) is 45.9 Å². The first-order valence-corrected chi connectivity index (χ1v) is 11.9. The Balaban J connectivity index is 1.33. The quantitative estimate of drug-likeness (QED) is 0.358. The summed E-state index contributed by atoms with van der Waals surface area (Å²) in [5.41, 5.74) is 4.05. The van der Waals surface area contributed by atoms with Crippen LogP contribution in [0, 0.1) is 6.92 Å². The average molecular weight is 469 g/mol. The van der Waals surface area contributed by atoms with E-state index in [9.17, 15) is 9.59 Å². The van der Waals surface area contributed by atoms with Gasteiger partial charge < -0.3 is 10.1 Å². The fourth-order valence-corrected chi connectivity index (χ4v) is 5.02. The summed E-state index contributed by atoms with van der Waals surface area (Å²) >= 11 is 1.67. The van der Waals surface area contributed by atoms with Crippen molar-refractivity contribution in [3.05, 3.63) is 88.8 Å². The van der Waals surface area contributed by atoms with Crippen LogP contribution in [0.4, 0.5) is 5.69 Å². The average Bonchev–Trinajstić information content (AvgIpc) is 3.21. The van der Waals surface area contributed by atoms with Gasteiger partial charge in [-0.3, -0.25) is 9.59 Å². The third kappa shape index (κ3) is 4.37. The van der Waals surface area contributed by atoms with Crippen LogP contribution >= 0.6 is 11.3 Å². The van der Waals surface area contributed by atoms with Crippen molar-refractivity contribution in [2.45, 2.75) is 32.8 Å². The molecule has 3 aromatic carbocycles. The monoisotopic (exact) mass is 468 g/mol. The second kappa shape index (κ2) is 8.54. The molecule has 2 heterocycles. The van der Waals surface area contributed by atoms with Crippen molar-refractivity contribution in [2.24, 2.45) is 0 Å². The van der Waals surface area contributed by atoms with Gasteiger partial charge in [-0.1, -0.05) is 42.5 Å². The highest BCUT2D eigenvalue weighted by Crippen LogP contribution is 2.35. The minimum Gasteiger partial charge on any atom is -0.487 e. The summed E-state index contributed by atoms with van der Waals surface area (Å²) in [4.78, 5) is 31.3. The van der Waals surface area contributed by atoms with Gasteiger partial charge in [0.05, 0.1) is 17.7 Å². The Kier molecular flexibility index (Phi) is 5.54. The summed E-state index contributed by atoms with van der Waals surface area (Å²) in [5.74, 6) is 0.235. The number of carbonyl (C=O) groups excluding carboxylic acids is 2. The van der Waals surface area contributed by atoms with E-state index in [0.29, 0.717) is 22.6 Å². The maximum Gasteiger partial charge on any atom is 0.255 e. The second-order valence-corrected chi connectivity index (χ2v) is 10.2. The zero-order chi connectivity index (χ0) is 23.9. The van der Waals surface area contributed by atoms with Crippen molar-refractivity contribution in [3.63, 3.8) is 0 Å². The van der Waals surface area contributed by atoms with Crippen LogP contribution in [-0.4, -0.2) is 22.3 Å². The highest BCUT2D eigenvalue weighted by atomic mass is 32.1. The number of rotatable bonds is 4. The molecule has 0 spiro atoms.